The maximum atomic E-state index is 12.7. The van der Waals surface area contributed by atoms with Crippen LogP contribution in [0.5, 0.6) is 11.5 Å². The first-order chi connectivity index (χ1) is 9.39. The maximum Gasteiger partial charge on any atom is 0.390 e. The molecule has 20 heavy (non-hydrogen) atoms. The van der Waals surface area contributed by atoms with Gasteiger partial charge < -0.3 is 14.8 Å². The average molecular weight is 291 g/mol. The largest absolute Gasteiger partial charge is 0.497 e. The number of benzene rings is 1. The molecule has 6 heteroatoms. The van der Waals surface area contributed by atoms with Gasteiger partial charge in [0.05, 0.1) is 20.6 Å². The van der Waals surface area contributed by atoms with E-state index in [1.165, 1.54) is 14.2 Å². The van der Waals surface area contributed by atoms with Gasteiger partial charge in [0.1, 0.15) is 11.5 Å². The van der Waals surface area contributed by atoms with E-state index in [0.29, 0.717) is 23.6 Å². The Labute approximate surface area is 117 Å². The summed E-state index contributed by atoms with van der Waals surface area (Å²) in [5.41, 5.74) is 0.506. The highest BCUT2D eigenvalue weighted by Gasteiger charge is 2.32. The lowest BCUT2D eigenvalue weighted by Crippen LogP contribution is -2.27. The molecule has 0 aliphatic rings. The molecule has 1 atom stereocenters. The fourth-order valence-corrected chi connectivity index (χ4v) is 1.89. The van der Waals surface area contributed by atoms with Crippen molar-refractivity contribution in [2.45, 2.75) is 32.0 Å². The first kappa shape index (κ1) is 16.6. The summed E-state index contributed by atoms with van der Waals surface area (Å²) in [4.78, 5) is 0. The van der Waals surface area contributed by atoms with Crippen molar-refractivity contribution in [3.8, 4) is 11.5 Å². The fraction of sp³-hybridized carbons (Fsp3) is 0.571. The Kier molecular flexibility index (Phi) is 6.13. The van der Waals surface area contributed by atoms with E-state index in [-0.39, 0.29) is 0 Å². The van der Waals surface area contributed by atoms with Gasteiger partial charge in [-0.05, 0) is 30.7 Å². The van der Waals surface area contributed by atoms with Crippen molar-refractivity contribution >= 4 is 0 Å². The summed E-state index contributed by atoms with van der Waals surface area (Å²) in [6.45, 7) is 2.42. The van der Waals surface area contributed by atoms with Crippen molar-refractivity contribution in [2.24, 2.45) is 0 Å². The topological polar surface area (TPSA) is 30.5 Å². The van der Waals surface area contributed by atoms with Crippen LogP contribution in [0.25, 0.3) is 0 Å². The summed E-state index contributed by atoms with van der Waals surface area (Å²) in [6.07, 6.45) is -4.40. The van der Waals surface area contributed by atoms with Crippen molar-refractivity contribution in [1.29, 1.82) is 0 Å². The minimum Gasteiger partial charge on any atom is -0.497 e. The van der Waals surface area contributed by atoms with Gasteiger partial charge in [0, 0.05) is 12.1 Å². The van der Waals surface area contributed by atoms with Crippen molar-refractivity contribution in [1.82, 2.24) is 5.32 Å². The molecule has 0 amide bonds. The van der Waals surface area contributed by atoms with Gasteiger partial charge in [-0.2, -0.15) is 13.2 Å². The zero-order chi connectivity index (χ0) is 15.2. The standard InChI is InChI=1S/C14H20F3NO2/c1-4-5-18-13(9-14(15,16)17)10-6-11(19-2)8-12(7-10)20-3/h6-8,13,18H,4-5,9H2,1-3H3. The third-order valence-corrected chi connectivity index (χ3v) is 2.85. The summed E-state index contributed by atoms with van der Waals surface area (Å²) in [5.74, 6) is 0.953. The molecule has 1 rings (SSSR count). The number of methoxy groups -OCH3 is 2. The van der Waals surface area contributed by atoms with E-state index in [9.17, 15) is 13.2 Å². The molecule has 0 saturated heterocycles. The van der Waals surface area contributed by atoms with Crippen LogP contribution in [0.3, 0.4) is 0 Å². The fourth-order valence-electron chi connectivity index (χ4n) is 1.89. The van der Waals surface area contributed by atoms with E-state index >= 15 is 0 Å². The minimum atomic E-state index is -4.23. The van der Waals surface area contributed by atoms with E-state index in [1.54, 1.807) is 18.2 Å². The van der Waals surface area contributed by atoms with Gasteiger partial charge in [-0.25, -0.2) is 0 Å². The molecule has 0 aliphatic heterocycles. The van der Waals surface area contributed by atoms with E-state index in [0.717, 1.165) is 6.42 Å². The van der Waals surface area contributed by atoms with Crippen LogP contribution in [0, 0.1) is 0 Å². The number of rotatable bonds is 7. The Balaban J connectivity index is 3.04. The smallest absolute Gasteiger partial charge is 0.390 e. The predicted molar refractivity (Wildman–Crippen MR) is 71.3 cm³/mol. The van der Waals surface area contributed by atoms with Gasteiger partial charge in [-0.3, -0.25) is 0 Å². The number of hydrogen-bond donors (Lipinski definition) is 1. The number of ether oxygens (including phenoxy) is 2. The van der Waals surface area contributed by atoms with Crippen LogP contribution >= 0.6 is 0 Å². The van der Waals surface area contributed by atoms with E-state index in [1.807, 2.05) is 6.92 Å². The summed E-state index contributed by atoms with van der Waals surface area (Å²) >= 11 is 0. The molecule has 0 aliphatic carbocycles. The number of alkyl halides is 3. The van der Waals surface area contributed by atoms with Gasteiger partial charge in [-0.1, -0.05) is 6.92 Å². The molecule has 0 aromatic heterocycles. The number of hydrogen-bond acceptors (Lipinski definition) is 3. The molecule has 0 saturated carbocycles. The zero-order valence-electron chi connectivity index (χ0n) is 11.9. The summed E-state index contributed by atoms with van der Waals surface area (Å²) < 4.78 is 48.2. The molecular formula is C14H20F3NO2. The van der Waals surface area contributed by atoms with Crippen LogP contribution in [-0.2, 0) is 0 Å². The molecular weight excluding hydrogens is 271 g/mol. The highest BCUT2D eigenvalue weighted by molar-refractivity contribution is 5.39. The van der Waals surface area contributed by atoms with Crippen molar-refractivity contribution in [2.75, 3.05) is 20.8 Å². The second-order valence-electron chi connectivity index (χ2n) is 4.47. The Morgan fingerprint density at radius 1 is 1.10 bits per heavy atom. The highest BCUT2D eigenvalue weighted by atomic mass is 19.4. The molecule has 114 valence electrons. The minimum absolute atomic E-state index is 0.477. The van der Waals surface area contributed by atoms with Crippen molar-refractivity contribution < 1.29 is 22.6 Å². The number of nitrogens with one attached hydrogen (secondary N) is 1. The number of halogens is 3. The first-order valence-corrected chi connectivity index (χ1v) is 6.42. The molecule has 0 heterocycles. The first-order valence-electron chi connectivity index (χ1n) is 6.42. The quantitative estimate of drug-likeness (QED) is 0.831. The van der Waals surface area contributed by atoms with Gasteiger partial charge in [0.2, 0.25) is 0 Å². The van der Waals surface area contributed by atoms with E-state index in [4.69, 9.17) is 9.47 Å². The third-order valence-electron chi connectivity index (χ3n) is 2.85. The highest BCUT2D eigenvalue weighted by Crippen LogP contribution is 2.33. The third kappa shape index (κ3) is 5.28. The predicted octanol–water partition coefficient (Wildman–Crippen LogP) is 3.70. The van der Waals surface area contributed by atoms with Crippen molar-refractivity contribution in [3.05, 3.63) is 23.8 Å². The van der Waals surface area contributed by atoms with Gasteiger partial charge >= 0.3 is 6.18 Å². The lowest BCUT2D eigenvalue weighted by Gasteiger charge is -2.21. The Morgan fingerprint density at radius 2 is 1.65 bits per heavy atom. The van der Waals surface area contributed by atoms with Crippen LogP contribution in [0.1, 0.15) is 31.4 Å². The SMILES string of the molecule is CCCNC(CC(F)(F)F)c1cc(OC)cc(OC)c1. The normalized spacial score (nSPS) is 13.1. The van der Waals surface area contributed by atoms with Crippen molar-refractivity contribution in [3.63, 3.8) is 0 Å². The van der Waals surface area contributed by atoms with Gasteiger partial charge in [0.25, 0.3) is 0 Å². The Hall–Kier alpha value is -1.43. The summed E-state index contributed by atoms with van der Waals surface area (Å²) in [7, 11) is 2.94. The van der Waals surface area contributed by atoms with E-state index < -0.39 is 18.6 Å². The monoisotopic (exact) mass is 291 g/mol. The summed E-state index contributed by atoms with van der Waals surface area (Å²) in [5, 5.41) is 2.91. The van der Waals surface area contributed by atoms with Crippen LogP contribution < -0.4 is 14.8 Å². The molecule has 0 fully saturated rings. The van der Waals surface area contributed by atoms with Crippen LogP contribution in [-0.4, -0.2) is 26.9 Å². The molecule has 0 spiro atoms. The molecule has 0 radical (unpaired) electrons. The van der Waals surface area contributed by atoms with Crippen LogP contribution in [0.15, 0.2) is 18.2 Å². The van der Waals surface area contributed by atoms with E-state index in [2.05, 4.69) is 5.32 Å². The van der Waals surface area contributed by atoms with Gasteiger partial charge in [0.15, 0.2) is 0 Å². The van der Waals surface area contributed by atoms with Crippen LogP contribution in [0.4, 0.5) is 13.2 Å². The second-order valence-corrected chi connectivity index (χ2v) is 4.47. The Bertz CT molecular complexity index is 399. The molecule has 1 aromatic carbocycles. The molecule has 1 aromatic rings. The van der Waals surface area contributed by atoms with Crippen LogP contribution in [0.2, 0.25) is 0 Å². The average Bonchev–Trinajstić information content (AvgIpc) is 2.41. The molecule has 0 bridgehead atoms. The lowest BCUT2D eigenvalue weighted by atomic mass is 10.0. The molecule has 1 N–H and O–H groups in total. The Morgan fingerprint density at radius 3 is 2.05 bits per heavy atom. The lowest BCUT2D eigenvalue weighted by molar-refractivity contribution is -0.140. The maximum absolute atomic E-state index is 12.7. The summed E-state index contributed by atoms with van der Waals surface area (Å²) in [6, 6.07) is 4.02. The zero-order valence-corrected chi connectivity index (χ0v) is 11.9. The molecule has 3 nitrogen and oxygen atoms in total. The molecule has 1 unspecified atom stereocenters. The second kappa shape index (κ2) is 7.38. The van der Waals surface area contributed by atoms with Gasteiger partial charge in [-0.15, -0.1) is 0 Å².